The van der Waals surface area contributed by atoms with Crippen LogP contribution in [0.3, 0.4) is 0 Å². The van der Waals surface area contributed by atoms with Crippen LogP contribution in [0.5, 0.6) is 0 Å². The Morgan fingerprint density at radius 2 is 1.62 bits per heavy atom. The van der Waals surface area contributed by atoms with Crippen LogP contribution in [0.1, 0.15) is 65.2 Å². The fourth-order valence-corrected chi connectivity index (χ4v) is 4.68. The number of amides is 6. The Balaban J connectivity index is 2.36. The van der Waals surface area contributed by atoms with Crippen LogP contribution in [0.15, 0.2) is 0 Å². The molecule has 2 aliphatic heterocycles. The molecule has 2 saturated heterocycles. The number of nitrogens with zero attached hydrogens (tertiary/aromatic N) is 1. The molecule has 0 radical (unpaired) electrons. The summed E-state index contributed by atoms with van der Waals surface area (Å²) >= 11 is 0. The van der Waals surface area contributed by atoms with E-state index in [-0.39, 0.29) is 43.9 Å². The Kier molecular flexibility index (Phi) is 12.0. The van der Waals surface area contributed by atoms with Crippen LogP contribution in [0.4, 0.5) is 0 Å². The summed E-state index contributed by atoms with van der Waals surface area (Å²) in [7, 11) is 0. The van der Waals surface area contributed by atoms with Gasteiger partial charge in [0.25, 0.3) is 0 Å². The van der Waals surface area contributed by atoms with Gasteiger partial charge in [0.2, 0.25) is 35.4 Å². The van der Waals surface area contributed by atoms with E-state index in [0.717, 1.165) is 0 Å². The first-order chi connectivity index (χ1) is 18.8. The average molecular weight is 567 g/mol. The molecule has 2 heterocycles. The van der Waals surface area contributed by atoms with E-state index in [1.54, 1.807) is 0 Å². The van der Waals surface area contributed by atoms with E-state index in [2.05, 4.69) is 21.3 Å². The Morgan fingerprint density at radius 1 is 0.950 bits per heavy atom. The van der Waals surface area contributed by atoms with Crippen molar-refractivity contribution < 1.29 is 43.5 Å². The van der Waals surface area contributed by atoms with Crippen molar-refractivity contribution in [2.24, 2.45) is 11.7 Å². The van der Waals surface area contributed by atoms with Crippen molar-refractivity contribution >= 4 is 47.2 Å². The monoisotopic (exact) mass is 566 g/mol. The summed E-state index contributed by atoms with van der Waals surface area (Å²) < 4.78 is 0. The quantitative estimate of drug-likeness (QED) is 0.194. The van der Waals surface area contributed by atoms with Gasteiger partial charge in [0.15, 0.2) is 5.78 Å². The molecule has 4 atom stereocenters. The largest absolute Gasteiger partial charge is 0.481 e. The highest BCUT2D eigenvalue weighted by Crippen LogP contribution is 2.22. The predicted molar refractivity (Wildman–Crippen MR) is 138 cm³/mol. The first-order valence-electron chi connectivity index (χ1n) is 13.3. The summed E-state index contributed by atoms with van der Waals surface area (Å²) in [5, 5.41) is 18.7. The molecule has 2 aliphatic rings. The number of carboxylic acids is 1. The highest BCUT2D eigenvalue weighted by Gasteiger charge is 2.38. The van der Waals surface area contributed by atoms with Crippen LogP contribution in [0.2, 0.25) is 0 Å². The molecule has 0 unspecified atom stereocenters. The number of aliphatic carboxylic acids is 1. The number of primary amides is 1. The van der Waals surface area contributed by atoms with E-state index < -0.39 is 85.0 Å². The highest BCUT2D eigenvalue weighted by atomic mass is 16.4. The van der Waals surface area contributed by atoms with Crippen molar-refractivity contribution in [2.75, 3.05) is 13.1 Å². The van der Waals surface area contributed by atoms with E-state index in [1.165, 1.54) is 4.90 Å². The maximum atomic E-state index is 13.3. The van der Waals surface area contributed by atoms with Crippen LogP contribution in [0, 0.1) is 5.92 Å². The van der Waals surface area contributed by atoms with Crippen molar-refractivity contribution in [3.8, 4) is 0 Å². The third-order valence-corrected chi connectivity index (χ3v) is 6.61. The molecule has 0 aliphatic carbocycles. The SMILES string of the molecule is CC(C)C[C@@H]1NC(=O)CCC(=O)[C@@H]2CCCN2C(=O)[C@H](CCC(=O)O)NC(=O)CNC(=O)[C@H](CC(N)=O)NC1=O. The zero-order valence-electron chi connectivity index (χ0n) is 22.7. The van der Waals surface area contributed by atoms with E-state index in [0.29, 0.717) is 12.8 Å². The fraction of sp³-hybridized carbons (Fsp3) is 0.680. The maximum Gasteiger partial charge on any atom is 0.303 e. The number of nitrogens with two attached hydrogens (primary N) is 1. The second-order valence-electron chi connectivity index (χ2n) is 10.4. The van der Waals surface area contributed by atoms with Gasteiger partial charge in [-0.05, 0) is 31.6 Å². The molecule has 0 bridgehead atoms. The number of carboxylic acid groups (broad SMARTS) is 1. The van der Waals surface area contributed by atoms with Gasteiger partial charge in [0.05, 0.1) is 19.0 Å². The van der Waals surface area contributed by atoms with Gasteiger partial charge in [0.1, 0.15) is 18.1 Å². The second-order valence-corrected chi connectivity index (χ2v) is 10.4. The second kappa shape index (κ2) is 14.9. The van der Waals surface area contributed by atoms with E-state index in [9.17, 15) is 38.4 Å². The van der Waals surface area contributed by atoms with Gasteiger partial charge >= 0.3 is 5.97 Å². The minimum atomic E-state index is -1.46. The number of hydrogen-bond acceptors (Lipinski definition) is 8. The van der Waals surface area contributed by atoms with E-state index in [4.69, 9.17) is 10.8 Å². The molecule has 222 valence electrons. The molecular formula is C25H38N6O9. The summed E-state index contributed by atoms with van der Waals surface area (Å²) in [4.78, 5) is 101. The predicted octanol–water partition coefficient (Wildman–Crippen LogP) is -2.30. The van der Waals surface area contributed by atoms with Crippen LogP contribution in [-0.4, -0.2) is 94.5 Å². The molecule has 7 N–H and O–H groups in total. The van der Waals surface area contributed by atoms with Crippen molar-refractivity contribution in [2.45, 2.75) is 89.4 Å². The number of nitrogens with one attached hydrogen (secondary N) is 4. The molecule has 6 amide bonds. The van der Waals surface area contributed by atoms with Crippen LogP contribution < -0.4 is 27.0 Å². The number of Topliss-reactive ketones (excluding diaryl/α,β-unsaturated/α-hetero) is 1. The van der Waals surface area contributed by atoms with Crippen LogP contribution >= 0.6 is 0 Å². The molecule has 2 rings (SSSR count). The minimum Gasteiger partial charge on any atom is -0.481 e. The van der Waals surface area contributed by atoms with Crippen molar-refractivity contribution in [1.29, 1.82) is 0 Å². The summed E-state index contributed by atoms with van der Waals surface area (Å²) in [6.07, 6.45) is -0.721. The van der Waals surface area contributed by atoms with Crippen LogP contribution in [-0.2, 0) is 38.4 Å². The van der Waals surface area contributed by atoms with Gasteiger partial charge in [-0.2, -0.15) is 0 Å². The number of carbonyl (C=O) groups excluding carboxylic acids is 7. The Bertz CT molecular complexity index is 1030. The van der Waals surface area contributed by atoms with Gasteiger partial charge in [0, 0.05) is 25.8 Å². The standard InChI is InChI=1S/C25H38N6O9/c1-13(2)10-15-24(39)30-16(11-19(26)33)23(38)27-12-21(35)28-14(5-8-22(36)37)25(40)31-9-3-4-17(31)18(32)6-7-20(34)29-15/h13-17H,3-12H2,1-2H3,(H2,26,33)(H,27,38)(H,28,35)(H,29,34)(H,30,39)(H,36,37)/t14-,15-,16-,17-/m0/s1. The summed E-state index contributed by atoms with van der Waals surface area (Å²) in [6.45, 7) is 3.19. The summed E-state index contributed by atoms with van der Waals surface area (Å²) in [5.41, 5.74) is 5.23. The Morgan fingerprint density at radius 3 is 2.25 bits per heavy atom. The number of hydrogen-bond donors (Lipinski definition) is 6. The summed E-state index contributed by atoms with van der Waals surface area (Å²) in [5.74, 6) is -6.23. The van der Waals surface area contributed by atoms with Crippen molar-refractivity contribution in [3.63, 3.8) is 0 Å². The number of fused-ring (bicyclic) bond motifs is 1. The smallest absolute Gasteiger partial charge is 0.303 e. The maximum absolute atomic E-state index is 13.3. The topological polar surface area (TPSA) is 234 Å². The fourth-order valence-electron chi connectivity index (χ4n) is 4.68. The zero-order valence-corrected chi connectivity index (χ0v) is 22.7. The van der Waals surface area contributed by atoms with Crippen molar-refractivity contribution in [1.82, 2.24) is 26.2 Å². The number of carbonyl (C=O) groups is 8. The van der Waals surface area contributed by atoms with Gasteiger partial charge in [-0.15, -0.1) is 0 Å². The molecule has 0 saturated carbocycles. The Labute approximate surface area is 231 Å². The molecule has 2 fully saturated rings. The third kappa shape index (κ3) is 9.93. The van der Waals surface area contributed by atoms with Crippen LogP contribution in [0.25, 0.3) is 0 Å². The van der Waals surface area contributed by atoms with Gasteiger partial charge in [-0.1, -0.05) is 13.8 Å². The molecule has 0 aromatic heterocycles. The molecule has 0 aromatic rings. The molecule has 40 heavy (non-hydrogen) atoms. The first kappa shape index (κ1) is 32.2. The third-order valence-electron chi connectivity index (χ3n) is 6.61. The van der Waals surface area contributed by atoms with Gasteiger partial charge in [-0.3, -0.25) is 38.4 Å². The van der Waals surface area contributed by atoms with Crippen molar-refractivity contribution in [3.05, 3.63) is 0 Å². The average Bonchev–Trinajstić information content (AvgIpc) is 3.36. The molecule has 0 aromatic carbocycles. The molecular weight excluding hydrogens is 528 g/mol. The van der Waals surface area contributed by atoms with Gasteiger partial charge in [-0.25, -0.2) is 0 Å². The minimum absolute atomic E-state index is 0.0465. The molecule has 15 heteroatoms. The lowest BCUT2D eigenvalue weighted by molar-refractivity contribution is -0.142. The Hall–Kier alpha value is -4.04. The lowest BCUT2D eigenvalue weighted by Crippen LogP contribution is -2.57. The normalized spacial score (nSPS) is 25.7. The molecule has 15 nitrogen and oxygen atoms in total. The zero-order chi connectivity index (χ0) is 30.0. The van der Waals surface area contributed by atoms with Gasteiger partial charge < -0.3 is 37.0 Å². The number of rotatable bonds is 7. The highest BCUT2D eigenvalue weighted by molar-refractivity contribution is 5.98. The lowest BCUT2D eigenvalue weighted by Gasteiger charge is -2.29. The lowest BCUT2D eigenvalue weighted by atomic mass is 10.0. The van der Waals surface area contributed by atoms with E-state index in [1.807, 2.05) is 13.8 Å². The first-order valence-corrected chi connectivity index (χ1v) is 13.3. The summed E-state index contributed by atoms with van der Waals surface area (Å²) in [6, 6.07) is -4.66. The molecule has 0 spiro atoms. The van der Waals surface area contributed by atoms with E-state index >= 15 is 0 Å². The number of ketones is 1.